The fourth-order valence-corrected chi connectivity index (χ4v) is 2.23. The van der Waals surface area contributed by atoms with Crippen molar-refractivity contribution in [1.29, 1.82) is 0 Å². The maximum absolute atomic E-state index is 13.3. The molecule has 1 fully saturated rings. The Bertz CT molecular complexity index is 473. The molecule has 1 heterocycles. The maximum Gasteiger partial charge on any atom is 0.460 e. The van der Waals surface area contributed by atoms with Gasteiger partial charge < -0.3 is 4.74 Å². The first-order valence-electron chi connectivity index (χ1n) is 4.55. The van der Waals surface area contributed by atoms with E-state index in [0.717, 1.165) is 0 Å². The Labute approximate surface area is 128 Å². The third kappa shape index (κ3) is 2.02. The monoisotopic (exact) mass is 414 g/mol. The Morgan fingerprint density at radius 1 is 0.682 bits per heavy atom. The molecule has 0 radical (unpaired) electrons. The molecule has 132 valence electrons. The van der Waals surface area contributed by atoms with Crippen LogP contribution in [-0.4, -0.2) is 39.4 Å². The van der Waals surface area contributed by atoms with E-state index in [1.165, 1.54) is 0 Å². The van der Waals surface area contributed by atoms with Gasteiger partial charge in [-0.25, -0.2) is 0 Å². The van der Waals surface area contributed by atoms with Crippen molar-refractivity contribution in [3.05, 3.63) is 0 Å². The van der Waals surface area contributed by atoms with Gasteiger partial charge in [0.1, 0.15) is 0 Å². The molecule has 1 aliphatic heterocycles. The summed E-state index contributed by atoms with van der Waals surface area (Å²) in [6.07, 6.45) is -7.13. The summed E-state index contributed by atoms with van der Waals surface area (Å²) >= 11 is 13.2. The van der Waals surface area contributed by atoms with Crippen LogP contribution in [0.3, 0.4) is 0 Å². The highest BCUT2D eigenvalue weighted by Gasteiger charge is 2.96. The van der Waals surface area contributed by atoms with Gasteiger partial charge in [-0.15, -0.1) is 0 Å². The summed E-state index contributed by atoms with van der Waals surface area (Å²) in [5.74, 6) is -26.9. The Morgan fingerprint density at radius 2 is 1.05 bits per heavy atom. The topological polar surface area (TPSA) is 9.23 Å². The number of alkyl halides is 14. The van der Waals surface area contributed by atoms with Crippen LogP contribution in [0.2, 0.25) is 0 Å². The maximum atomic E-state index is 13.3. The Morgan fingerprint density at radius 3 is 1.27 bits per heavy atom. The zero-order valence-electron chi connectivity index (χ0n) is 9.20. The second-order valence-electron chi connectivity index (χ2n) is 4.01. The van der Waals surface area contributed by atoms with Crippen LogP contribution in [0.4, 0.5) is 48.3 Å². The molecule has 0 aromatic carbocycles. The normalized spacial score (nSPS) is 31.4. The van der Waals surface area contributed by atoms with Gasteiger partial charge in [-0.05, 0) is 0 Å². The van der Waals surface area contributed by atoms with E-state index in [9.17, 15) is 48.3 Å². The summed E-state index contributed by atoms with van der Waals surface area (Å²) in [7, 11) is 0. The number of halogens is 14. The summed E-state index contributed by atoms with van der Waals surface area (Å²) in [4.78, 5) is 0. The first kappa shape index (κ1) is 20.1. The molecule has 1 saturated heterocycles. The van der Waals surface area contributed by atoms with Crippen molar-refractivity contribution in [3.63, 3.8) is 0 Å². The minimum Gasteiger partial charge on any atom is -0.307 e. The Hall–Kier alpha value is 0.0600. The zero-order chi connectivity index (χ0) is 18.2. The highest BCUT2D eigenvalue weighted by atomic mass is 35.5. The van der Waals surface area contributed by atoms with E-state index >= 15 is 0 Å². The van der Waals surface area contributed by atoms with E-state index in [4.69, 9.17) is 0 Å². The second kappa shape index (κ2) is 4.57. The van der Waals surface area contributed by atoms with Gasteiger partial charge in [0, 0.05) is 0 Å². The first-order chi connectivity index (χ1) is 9.21. The van der Waals surface area contributed by atoms with Crippen LogP contribution in [0.15, 0.2) is 0 Å². The molecule has 15 heteroatoms. The predicted octanol–water partition coefficient (Wildman–Crippen LogP) is 5.19. The smallest absolute Gasteiger partial charge is 0.307 e. The molecule has 0 spiro atoms. The van der Waals surface area contributed by atoms with Gasteiger partial charge in [0.25, 0.3) is 9.58 Å². The van der Waals surface area contributed by atoms with E-state index in [1.54, 1.807) is 0 Å². The number of hydrogen-bond acceptors (Lipinski definition) is 1. The lowest BCUT2D eigenvalue weighted by molar-refractivity contribution is -0.393. The van der Waals surface area contributed by atoms with Crippen molar-refractivity contribution in [2.24, 2.45) is 0 Å². The van der Waals surface area contributed by atoms with Crippen LogP contribution in [0.5, 0.6) is 0 Å². The largest absolute Gasteiger partial charge is 0.460 e. The van der Waals surface area contributed by atoms with Crippen LogP contribution in [0, 0.1) is 0 Å². The summed E-state index contributed by atoms with van der Waals surface area (Å²) in [6.45, 7) is 0. The van der Waals surface area contributed by atoms with Crippen LogP contribution in [0.1, 0.15) is 0 Å². The minimum atomic E-state index is -7.27. The lowest BCUT2D eigenvalue weighted by Crippen LogP contribution is -2.68. The molecule has 0 saturated carbocycles. The number of rotatable bonds is 2. The Kier molecular flexibility index (Phi) is 4.18. The number of hydrogen-bond donors (Lipinski definition) is 0. The first-order valence-corrected chi connectivity index (χ1v) is 5.69. The van der Waals surface area contributed by atoms with Gasteiger partial charge in [-0.2, -0.15) is 48.3 Å². The average molecular weight is 415 g/mol. The predicted molar refractivity (Wildman–Crippen MR) is 49.9 cm³/mol. The third-order valence-corrected chi connectivity index (χ3v) is 3.77. The summed E-state index contributed by atoms with van der Waals surface area (Å²) < 4.78 is 139. The fourth-order valence-electron chi connectivity index (χ4n) is 1.33. The van der Waals surface area contributed by atoms with E-state index in [2.05, 4.69) is 39.5 Å². The van der Waals surface area contributed by atoms with Crippen molar-refractivity contribution < 1.29 is 53.0 Å². The SMILES string of the molecule is FC(F)(F)C(F)(F)C(F)(F)C1(Cl)OC(Cl)(Cl)C(F)(F)C1(F)F. The Balaban J connectivity index is 3.61. The van der Waals surface area contributed by atoms with Gasteiger partial charge in [0.05, 0.1) is 0 Å². The molecular weight excluding hydrogens is 415 g/mol. The van der Waals surface area contributed by atoms with Gasteiger partial charge in [-0.1, -0.05) is 34.8 Å². The molecule has 0 aromatic heterocycles. The molecule has 0 amide bonds. The van der Waals surface area contributed by atoms with E-state index < -0.39 is 39.4 Å². The van der Waals surface area contributed by atoms with Crippen molar-refractivity contribution in [3.8, 4) is 0 Å². The second-order valence-corrected chi connectivity index (χ2v) is 5.80. The lowest BCUT2D eigenvalue weighted by atomic mass is 9.97. The van der Waals surface area contributed by atoms with Gasteiger partial charge in [-0.3, -0.25) is 0 Å². The molecule has 0 bridgehead atoms. The molecule has 0 aromatic rings. The van der Waals surface area contributed by atoms with Crippen molar-refractivity contribution in [2.45, 2.75) is 39.4 Å². The van der Waals surface area contributed by atoms with Crippen LogP contribution >= 0.6 is 34.8 Å². The van der Waals surface area contributed by atoms with Crippen molar-refractivity contribution in [1.82, 2.24) is 0 Å². The van der Waals surface area contributed by atoms with Crippen LogP contribution in [0.25, 0.3) is 0 Å². The molecule has 0 aliphatic carbocycles. The summed E-state index contributed by atoms with van der Waals surface area (Å²) in [5.41, 5.74) is 0. The van der Waals surface area contributed by atoms with Gasteiger partial charge in [0.2, 0.25) is 0 Å². The fraction of sp³-hybridized carbons (Fsp3) is 1.00. The molecule has 0 N–H and O–H groups in total. The molecular formula is C7Cl3F11O. The van der Waals surface area contributed by atoms with Crippen molar-refractivity contribution in [2.75, 3.05) is 0 Å². The lowest BCUT2D eigenvalue weighted by Gasteiger charge is -2.39. The van der Waals surface area contributed by atoms with Crippen molar-refractivity contribution >= 4 is 34.8 Å². The zero-order valence-corrected chi connectivity index (χ0v) is 11.5. The average Bonchev–Trinajstić information content (AvgIpc) is 2.33. The van der Waals surface area contributed by atoms with E-state index in [0.29, 0.717) is 0 Å². The van der Waals surface area contributed by atoms with E-state index in [-0.39, 0.29) is 0 Å². The molecule has 1 nitrogen and oxygen atoms in total. The van der Waals surface area contributed by atoms with Crippen LogP contribution < -0.4 is 0 Å². The molecule has 1 rings (SSSR count). The third-order valence-electron chi connectivity index (χ3n) is 2.59. The molecule has 1 aliphatic rings. The summed E-state index contributed by atoms with van der Waals surface area (Å²) in [6, 6.07) is 0. The highest BCUT2D eigenvalue weighted by molar-refractivity contribution is 6.48. The summed E-state index contributed by atoms with van der Waals surface area (Å²) in [5, 5.41) is -5.88. The number of ether oxygens (including phenoxy) is 1. The highest BCUT2D eigenvalue weighted by Crippen LogP contribution is 2.70. The quantitative estimate of drug-likeness (QED) is 0.446. The standard InChI is InChI=1S/C7Cl3F11O/c8-1(3(13,14)5(17,18)7(19,20)21)2(11,12)4(15,16)6(9,10)22-1. The van der Waals surface area contributed by atoms with Crippen LogP contribution in [-0.2, 0) is 4.74 Å². The molecule has 1 unspecified atom stereocenters. The van der Waals surface area contributed by atoms with Gasteiger partial charge in [0.15, 0.2) is 0 Å². The molecule has 22 heavy (non-hydrogen) atoms. The van der Waals surface area contributed by atoms with E-state index in [1.807, 2.05) is 0 Å². The van der Waals surface area contributed by atoms with Gasteiger partial charge >= 0.3 is 29.9 Å². The minimum absolute atomic E-state index is 2.98. The molecule has 1 atom stereocenters.